The first kappa shape index (κ1) is 13.5. The maximum Gasteiger partial charge on any atom is 0.232 e. The van der Waals surface area contributed by atoms with Crippen LogP contribution >= 0.6 is 0 Å². The summed E-state index contributed by atoms with van der Waals surface area (Å²) in [7, 11) is 0. The first-order valence-electron chi connectivity index (χ1n) is 5.76. The van der Waals surface area contributed by atoms with Crippen molar-refractivity contribution in [3.8, 4) is 24.7 Å². The minimum absolute atomic E-state index is 0.139. The number of carbonyl (C=O) groups excluding carboxylic acids is 2. The van der Waals surface area contributed by atoms with Crippen molar-refractivity contribution in [1.29, 1.82) is 0 Å². The van der Waals surface area contributed by atoms with Gasteiger partial charge in [-0.15, -0.1) is 12.8 Å². The summed E-state index contributed by atoms with van der Waals surface area (Å²) in [6.45, 7) is -0.279. The highest BCUT2D eigenvalue weighted by atomic mass is 16.5. The number of hydrogen-bond donors (Lipinski definition) is 0. The van der Waals surface area contributed by atoms with Crippen LogP contribution in [-0.4, -0.2) is 24.8 Å². The molecule has 20 heavy (non-hydrogen) atoms. The van der Waals surface area contributed by atoms with Crippen molar-refractivity contribution in [3.05, 3.63) is 46.9 Å². The van der Waals surface area contributed by atoms with E-state index in [1.807, 2.05) is 0 Å². The van der Waals surface area contributed by atoms with E-state index in [0.29, 0.717) is 0 Å². The minimum Gasteiger partial charge on any atom is -0.473 e. The zero-order valence-electron chi connectivity index (χ0n) is 10.5. The summed E-state index contributed by atoms with van der Waals surface area (Å²) >= 11 is 0. The van der Waals surface area contributed by atoms with Gasteiger partial charge in [0.25, 0.3) is 0 Å². The number of rotatable bonds is 4. The fourth-order valence-electron chi connectivity index (χ4n) is 1.82. The van der Waals surface area contributed by atoms with Crippen molar-refractivity contribution in [2.75, 3.05) is 13.2 Å². The standard InChI is InChI=1S/C16H10O4/c1-3-9-19-15-13(17)11-7-5-6-8-12(11)14(18)16(15)20-10-4-2/h1-2,5-8H,9-10H2. The summed E-state index contributed by atoms with van der Waals surface area (Å²) in [5, 5.41) is 0. The second-order valence-corrected chi connectivity index (χ2v) is 3.85. The van der Waals surface area contributed by atoms with Gasteiger partial charge in [-0.2, -0.15) is 0 Å². The van der Waals surface area contributed by atoms with Gasteiger partial charge < -0.3 is 9.47 Å². The quantitative estimate of drug-likeness (QED) is 0.776. The van der Waals surface area contributed by atoms with Crippen LogP contribution in [0.1, 0.15) is 20.7 Å². The highest BCUT2D eigenvalue weighted by Gasteiger charge is 2.34. The predicted molar refractivity (Wildman–Crippen MR) is 71.7 cm³/mol. The van der Waals surface area contributed by atoms with Crippen molar-refractivity contribution in [2.24, 2.45) is 0 Å². The van der Waals surface area contributed by atoms with Gasteiger partial charge >= 0.3 is 0 Å². The van der Waals surface area contributed by atoms with Gasteiger partial charge in [-0.3, -0.25) is 9.59 Å². The molecular formula is C16H10O4. The Balaban J connectivity index is 2.50. The van der Waals surface area contributed by atoms with Gasteiger partial charge in [-0.1, -0.05) is 36.1 Å². The maximum atomic E-state index is 12.3. The molecule has 0 atom stereocenters. The number of fused-ring (bicyclic) bond motifs is 1. The lowest BCUT2D eigenvalue weighted by Gasteiger charge is -2.19. The molecule has 1 aliphatic carbocycles. The third-order valence-electron chi connectivity index (χ3n) is 2.63. The van der Waals surface area contributed by atoms with Crippen LogP contribution in [0.15, 0.2) is 35.8 Å². The number of hydrogen-bond acceptors (Lipinski definition) is 4. The van der Waals surface area contributed by atoms with Crippen molar-refractivity contribution in [3.63, 3.8) is 0 Å². The second-order valence-electron chi connectivity index (χ2n) is 3.85. The van der Waals surface area contributed by atoms with Crippen molar-refractivity contribution in [2.45, 2.75) is 0 Å². The van der Waals surface area contributed by atoms with Gasteiger partial charge in [0.1, 0.15) is 13.2 Å². The summed E-state index contributed by atoms with van der Waals surface area (Å²) in [6, 6.07) is 6.42. The molecule has 0 spiro atoms. The van der Waals surface area contributed by atoms with Crippen LogP contribution in [0, 0.1) is 24.7 Å². The highest BCUT2D eigenvalue weighted by Crippen LogP contribution is 2.27. The van der Waals surface area contributed by atoms with Crippen molar-refractivity contribution >= 4 is 11.6 Å². The Bertz CT molecular complexity index is 624. The number of allylic oxidation sites excluding steroid dienone is 2. The van der Waals surface area contributed by atoms with E-state index in [0.717, 1.165) is 0 Å². The first-order chi connectivity index (χ1) is 9.70. The number of benzene rings is 1. The molecular weight excluding hydrogens is 256 g/mol. The molecule has 1 aromatic carbocycles. The first-order valence-corrected chi connectivity index (χ1v) is 5.76. The molecule has 0 saturated carbocycles. The topological polar surface area (TPSA) is 52.6 Å². The molecule has 0 saturated heterocycles. The van der Waals surface area contributed by atoms with Gasteiger partial charge in [0.05, 0.1) is 0 Å². The fraction of sp³-hybridized carbons (Fsp3) is 0.125. The van der Waals surface area contributed by atoms with E-state index in [1.165, 1.54) is 0 Å². The van der Waals surface area contributed by atoms with Crippen LogP contribution < -0.4 is 0 Å². The van der Waals surface area contributed by atoms with Crippen LogP contribution in [0.4, 0.5) is 0 Å². The molecule has 98 valence electrons. The lowest BCUT2D eigenvalue weighted by Crippen LogP contribution is -2.25. The Morgan fingerprint density at radius 2 is 1.25 bits per heavy atom. The Morgan fingerprint density at radius 1 is 0.850 bits per heavy atom. The third-order valence-corrected chi connectivity index (χ3v) is 2.63. The lowest BCUT2D eigenvalue weighted by atomic mass is 9.92. The molecule has 0 unspecified atom stereocenters. The van der Waals surface area contributed by atoms with E-state index < -0.39 is 11.6 Å². The van der Waals surface area contributed by atoms with Gasteiger partial charge in [0.2, 0.25) is 23.1 Å². The molecule has 4 heteroatoms. The SMILES string of the molecule is C#CCOC1=C(OCC#C)C(=O)c2ccccc2C1=O. The molecule has 0 bridgehead atoms. The van der Waals surface area contributed by atoms with Crippen molar-refractivity contribution < 1.29 is 19.1 Å². The third kappa shape index (κ3) is 2.28. The number of terminal acetylenes is 2. The molecule has 0 N–H and O–H groups in total. The minimum atomic E-state index is -0.442. The lowest BCUT2D eigenvalue weighted by molar-refractivity contribution is 0.0797. The largest absolute Gasteiger partial charge is 0.473 e. The predicted octanol–water partition coefficient (Wildman–Crippen LogP) is 1.58. The van der Waals surface area contributed by atoms with Crippen molar-refractivity contribution in [1.82, 2.24) is 0 Å². The van der Waals surface area contributed by atoms with Crippen LogP contribution in [0.5, 0.6) is 0 Å². The van der Waals surface area contributed by atoms with Crippen LogP contribution in [0.25, 0.3) is 0 Å². The average molecular weight is 266 g/mol. The molecule has 1 aromatic rings. The van der Waals surface area contributed by atoms with Crippen LogP contribution in [0.2, 0.25) is 0 Å². The summed E-state index contributed by atoms with van der Waals surface area (Å²) in [5.74, 6) is 3.20. The Kier molecular flexibility index (Phi) is 3.88. The zero-order valence-corrected chi connectivity index (χ0v) is 10.5. The Morgan fingerprint density at radius 3 is 1.60 bits per heavy atom. The summed E-state index contributed by atoms with van der Waals surface area (Å²) in [6.07, 6.45) is 10.2. The van der Waals surface area contributed by atoms with E-state index in [1.54, 1.807) is 24.3 Å². The van der Waals surface area contributed by atoms with E-state index in [2.05, 4.69) is 11.8 Å². The average Bonchev–Trinajstić information content (AvgIpc) is 2.48. The summed E-state index contributed by atoms with van der Waals surface area (Å²) in [4.78, 5) is 24.6. The van der Waals surface area contributed by atoms with Gasteiger partial charge in [-0.25, -0.2) is 0 Å². The molecule has 0 radical (unpaired) electrons. The van der Waals surface area contributed by atoms with Crippen LogP contribution in [-0.2, 0) is 9.47 Å². The molecule has 0 aromatic heterocycles. The molecule has 0 aliphatic heterocycles. The normalized spacial score (nSPS) is 13.3. The summed E-state index contributed by atoms with van der Waals surface area (Å²) in [5.41, 5.74) is 0.523. The zero-order chi connectivity index (χ0) is 14.5. The number of Topliss-reactive ketones (excluding diaryl/α,β-unsaturated/α-hetero) is 2. The summed E-state index contributed by atoms with van der Waals surface area (Å²) < 4.78 is 10.3. The highest BCUT2D eigenvalue weighted by molar-refractivity contribution is 6.25. The second kappa shape index (κ2) is 5.77. The molecule has 4 nitrogen and oxygen atoms in total. The van der Waals surface area contributed by atoms with Crippen LogP contribution in [0.3, 0.4) is 0 Å². The Hall–Kier alpha value is -2.98. The maximum absolute atomic E-state index is 12.3. The van der Waals surface area contributed by atoms with Gasteiger partial charge in [0.15, 0.2) is 0 Å². The number of ether oxygens (including phenoxy) is 2. The molecule has 0 heterocycles. The number of carbonyl (C=O) groups is 2. The molecule has 2 rings (SSSR count). The van der Waals surface area contributed by atoms with E-state index in [9.17, 15) is 9.59 Å². The molecule has 0 fully saturated rings. The molecule has 0 amide bonds. The monoisotopic (exact) mass is 266 g/mol. The smallest absolute Gasteiger partial charge is 0.232 e. The van der Waals surface area contributed by atoms with Gasteiger partial charge in [-0.05, 0) is 0 Å². The van der Waals surface area contributed by atoms with E-state index in [-0.39, 0.29) is 35.9 Å². The molecule has 1 aliphatic rings. The van der Waals surface area contributed by atoms with E-state index >= 15 is 0 Å². The van der Waals surface area contributed by atoms with E-state index in [4.69, 9.17) is 22.3 Å². The fourth-order valence-corrected chi connectivity index (χ4v) is 1.82. The van der Waals surface area contributed by atoms with Gasteiger partial charge in [0, 0.05) is 11.1 Å². The Labute approximate surface area is 116 Å². The number of ketones is 2.